The van der Waals surface area contributed by atoms with Crippen molar-refractivity contribution in [3.63, 3.8) is 0 Å². The van der Waals surface area contributed by atoms with E-state index in [0.29, 0.717) is 16.5 Å². The fourth-order valence-corrected chi connectivity index (χ4v) is 3.31. The molecular formula is C16H19ClN4O. The number of hydrogen-bond donors (Lipinski definition) is 2. The van der Waals surface area contributed by atoms with Crippen LogP contribution < -0.4 is 11.1 Å². The summed E-state index contributed by atoms with van der Waals surface area (Å²) in [5.74, 6) is 0.321. The van der Waals surface area contributed by atoms with Crippen LogP contribution in [-0.2, 0) is 13.0 Å². The average molecular weight is 319 g/mol. The molecule has 3 heterocycles. The van der Waals surface area contributed by atoms with Crippen molar-refractivity contribution in [2.24, 2.45) is 5.41 Å². The third kappa shape index (κ3) is 2.35. The van der Waals surface area contributed by atoms with E-state index in [4.69, 9.17) is 17.3 Å². The molecule has 0 fully saturated rings. The first-order valence-corrected chi connectivity index (χ1v) is 7.56. The molecule has 0 bridgehead atoms. The summed E-state index contributed by atoms with van der Waals surface area (Å²) in [7, 11) is 1.64. The van der Waals surface area contributed by atoms with Gasteiger partial charge >= 0.3 is 0 Å². The van der Waals surface area contributed by atoms with Gasteiger partial charge in [-0.15, -0.1) is 0 Å². The van der Waals surface area contributed by atoms with Crippen molar-refractivity contribution < 1.29 is 4.79 Å². The van der Waals surface area contributed by atoms with Gasteiger partial charge in [-0.3, -0.25) is 4.79 Å². The summed E-state index contributed by atoms with van der Waals surface area (Å²) in [6.45, 7) is 5.20. The van der Waals surface area contributed by atoms with Crippen LogP contribution in [0.1, 0.15) is 30.0 Å². The molecule has 1 aliphatic heterocycles. The number of nitrogen functional groups attached to an aromatic ring is 1. The smallest absolute Gasteiger partial charge is 0.267 e. The van der Waals surface area contributed by atoms with Crippen molar-refractivity contribution in [1.82, 2.24) is 14.9 Å². The number of pyridine rings is 1. The zero-order valence-corrected chi connectivity index (χ0v) is 13.7. The number of aromatic nitrogens is 2. The molecule has 2 aromatic heterocycles. The van der Waals surface area contributed by atoms with E-state index >= 15 is 0 Å². The van der Waals surface area contributed by atoms with Gasteiger partial charge in [-0.1, -0.05) is 25.4 Å². The molecule has 1 aliphatic rings. The Kier molecular flexibility index (Phi) is 3.40. The average Bonchev–Trinajstić information content (AvgIpc) is 2.94. The lowest BCUT2D eigenvalue weighted by atomic mass is 9.89. The highest BCUT2D eigenvalue weighted by molar-refractivity contribution is 6.33. The number of carbonyl (C=O) groups is 1. The van der Waals surface area contributed by atoms with Gasteiger partial charge in [0.1, 0.15) is 11.5 Å². The monoisotopic (exact) mass is 318 g/mol. The highest BCUT2D eigenvalue weighted by atomic mass is 35.5. The maximum atomic E-state index is 12.2. The van der Waals surface area contributed by atoms with Gasteiger partial charge in [0.2, 0.25) is 0 Å². The first kappa shape index (κ1) is 14.9. The second kappa shape index (κ2) is 5.02. The molecule has 0 atom stereocenters. The minimum Gasteiger partial charge on any atom is -0.384 e. The summed E-state index contributed by atoms with van der Waals surface area (Å²) < 4.78 is 2.08. The highest BCUT2D eigenvalue weighted by Gasteiger charge is 2.34. The largest absolute Gasteiger partial charge is 0.384 e. The Morgan fingerprint density at radius 2 is 2.14 bits per heavy atom. The van der Waals surface area contributed by atoms with Crippen LogP contribution >= 0.6 is 11.6 Å². The van der Waals surface area contributed by atoms with E-state index in [-0.39, 0.29) is 11.3 Å². The number of halogens is 1. The third-order valence-corrected chi connectivity index (χ3v) is 4.37. The van der Waals surface area contributed by atoms with Gasteiger partial charge in [0.05, 0.1) is 5.02 Å². The maximum absolute atomic E-state index is 12.2. The molecule has 1 amide bonds. The van der Waals surface area contributed by atoms with Gasteiger partial charge in [-0.2, -0.15) is 0 Å². The molecule has 5 nitrogen and oxygen atoms in total. The molecule has 6 heteroatoms. The van der Waals surface area contributed by atoms with Crippen LogP contribution in [0.25, 0.3) is 11.1 Å². The molecule has 0 saturated carbocycles. The van der Waals surface area contributed by atoms with Gasteiger partial charge in [-0.05, 0) is 24.0 Å². The van der Waals surface area contributed by atoms with E-state index in [1.54, 1.807) is 19.3 Å². The summed E-state index contributed by atoms with van der Waals surface area (Å²) in [5.41, 5.74) is 9.48. The fourth-order valence-electron chi connectivity index (χ4n) is 3.11. The highest BCUT2D eigenvalue weighted by Crippen LogP contribution is 2.41. The van der Waals surface area contributed by atoms with Crippen LogP contribution in [-0.4, -0.2) is 22.5 Å². The maximum Gasteiger partial charge on any atom is 0.267 e. The standard InChI is InChI=1S/C16H19ClN4O/c1-16(2)6-13-10(9-5-14(18)20-7-11(9)17)4-12(15(22)19-3)21(13)8-16/h4-5,7H,6,8H2,1-3H3,(H2,18,20)(H,19,22). The van der Waals surface area contributed by atoms with Crippen molar-refractivity contribution in [1.29, 1.82) is 0 Å². The van der Waals surface area contributed by atoms with Gasteiger partial charge < -0.3 is 15.6 Å². The minimum atomic E-state index is -0.0941. The molecule has 0 aliphatic carbocycles. The van der Waals surface area contributed by atoms with Crippen LogP contribution in [0.15, 0.2) is 18.3 Å². The lowest BCUT2D eigenvalue weighted by Crippen LogP contribution is -2.22. The second-order valence-electron chi connectivity index (χ2n) is 6.49. The Morgan fingerprint density at radius 3 is 2.82 bits per heavy atom. The number of hydrogen-bond acceptors (Lipinski definition) is 3. The molecule has 2 aromatic rings. The summed E-state index contributed by atoms with van der Waals surface area (Å²) in [6, 6.07) is 3.65. The summed E-state index contributed by atoms with van der Waals surface area (Å²) in [5, 5.41) is 3.24. The molecule has 22 heavy (non-hydrogen) atoms. The molecule has 0 radical (unpaired) electrons. The number of anilines is 1. The predicted molar refractivity (Wildman–Crippen MR) is 88.0 cm³/mol. The fraction of sp³-hybridized carbons (Fsp3) is 0.375. The zero-order valence-electron chi connectivity index (χ0n) is 12.9. The molecule has 116 valence electrons. The Bertz CT molecular complexity index is 764. The number of nitrogens with two attached hydrogens (primary N) is 1. The summed E-state index contributed by atoms with van der Waals surface area (Å²) in [6.07, 6.45) is 2.44. The Hall–Kier alpha value is -2.01. The zero-order chi connectivity index (χ0) is 16.1. The number of nitrogens with one attached hydrogen (secondary N) is 1. The molecular weight excluding hydrogens is 300 g/mol. The molecule has 0 saturated heterocycles. The van der Waals surface area contributed by atoms with E-state index < -0.39 is 0 Å². The Balaban J connectivity index is 2.22. The number of amides is 1. The lowest BCUT2D eigenvalue weighted by Gasteiger charge is -2.16. The molecule has 0 spiro atoms. The number of rotatable bonds is 2. The van der Waals surface area contributed by atoms with Crippen LogP contribution in [0.3, 0.4) is 0 Å². The molecule has 3 N–H and O–H groups in total. The SMILES string of the molecule is CNC(=O)c1cc(-c2cc(N)ncc2Cl)c2n1CC(C)(C)C2. The van der Waals surface area contributed by atoms with Gasteiger partial charge in [0, 0.05) is 36.6 Å². The first-order chi connectivity index (χ1) is 10.3. The minimum absolute atomic E-state index is 0.0941. The molecule has 0 aromatic carbocycles. The van der Waals surface area contributed by atoms with Gasteiger partial charge in [0.25, 0.3) is 5.91 Å². The van der Waals surface area contributed by atoms with E-state index in [2.05, 4.69) is 28.7 Å². The van der Waals surface area contributed by atoms with Crippen molar-refractivity contribution in [3.05, 3.63) is 34.7 Å². The van der Waals surface area contributed by atoms with Crippen molar-refractivity contribution in [3.8, 4) is 11.1 Å². The number of fused-ring (bicyclic) bond motifs is 1. The number of nitrogens with zero attached hydrogens (tertiary/aromatic N) is 2. The first-order valence-electron chi connectivity index (χ1n) is 7.18. The van der Waals surface area contributed by atoms with E-state index in [1.807, 2.05) is 6.07 Å². The van der Waals surface area contributed by atoms with Crippen molar-refractivity contribution in [2.45, 2.75) is 26.8 Å². The molecule has 3 rings (SSSR count). The van der Waals surface area contributed by atoms with E-state index in [1.165, 1.54) is 0 Å². The van der Waals surface area contributed by atoms with Gasteiger partial charge in [0.15, 0.2) is 0 Å². The molecule has 0 unspecified atom stereocenters. The summed E-state index contributed by atoms with van der Waals surface area (Å²) >= 11 is 6.30. The normalized spacial score (nSPS) is 15.6. The lowest BCUT2D eigenvalue weighted by molar-refractivity contribution is 0.0953. The third-order valence-electron chi connectivity index (χ3n) is 4.07. The van der Waals surface area contributed by atoms with Crippen LogP contribution in [0.2, 0.25) is 5.02 Å². The van der Waals surface area contributed by atoms with Crippen LogP contribution in [0.4, 0.5) is 5.82 Å². The van der Waals surface area contributed by atoms with E-state index in [9.17, 15) is 4.79 Å². The van der Waals surface area contributed by atoms with Crippen molar-refractivity contribution in [2.75, 3.05) is 12.8 Å². The topological polar surface area (TPSA) is 72.9 Å². The second-order valence-corrected chi connectivity index (χ2v) is 6.89. The Morgan fingerprint density at radius 1 is 1.41 bits per heavy atom. The number of carbonyl (C=O) groups excluding carboxylic acids is 1. The van der Waals surface area contributed by atoms with Crippen LogP contribution in [0.5, 0.6) is 0 Å². The van der Waals surface area contributed by atoms with Gasteiger partial charge in [-0.25, -0.2) is 4.98 Å². The van der Waals surface area contributed by atoms with Crippen LogP contribution in [0, 0.1) is 5.41 Å². The quantitative estimate of drug-likeness (QED) is 0.894. The Labute approximate surface area is 134 Å². The van der Waals surface area contributed by atoms with Crippen molar-refractivity contribution >= 4 is 23.3 Å². The van der Waals surface area contributed by atoms with E-state index in [0.717, 1.165) is 29.8 Å². The predicted octanol–water partition coefficient (Wildman–Crippen LogP) is 2.73. The summed E-state index contributed by atoms with van der Waals surface area (Å²) in [4.78, 5) is 16.2.